The molecule has 0 aliphatic carbocycles. The predicted octanol–water partition coefficient (Wildman–Crippen LogP) is 2.93. The van der Waals surface area contributed by atoms with Crippen molar-refractivity contribution in [3.05, 3.63) is 59.2 Å². The summed E-state index contributed by atoms with van der Waals surface area (Å²) in [5, 5.41) is 19.1. The second-order valence-corrected chi connectivity index (χ2v) is 6.99. The number of hydrogen-bond acceptors (Lipinski definition) is 4. The van der Waals surface area contributed by atoms with Crippen LogP contribution in [-0.4, -0.2) is 29.0 Å². The Kier molecular flexibility index (Phi) is 3.70. The van der Waals surface area contributed by atoms with Gasteiger partial charge in [-0.25, -0.2) is 0 Å². The molecule has 0 bridgehead atoms. The quantitative estimate of drug-likeness (QED) is 0.763. The van der Waals surface area contributed by atoms with Gasteiger partial charge in [-0.2, -0.15) is 0 Å². The molecule has 0 spiro atoms. The summed E-state index contributed by atoms with van der Waals surface area (Å²) in [5.74, 6) is 0. The average molecular weight is 314 g/mol. The molecule has 1 fully saturated rings. The highest BCUT2D eigenvalue weighted by Crippen LogP contribution is 2.41. The highest BCUT2D eigenvalue weighted by atomic mass is 32.2. The summed E-state index contributed by atoms with van der Waals surface area (Å²) >= 11 is 1.81. The van der Waals surface area contributed by atoms with Crippen molar-refractivity contribution in [3.63, 3.8) is 0 Å². The van der Waals surface area contributed by atoms with Crippen molar-refractivity contribution < 1.29 is 14.9 Å². The molecule has 2 aliphatic heterocycles. The molecule has 0 radical (unpaired) electrons. The Morgan fingerprint density at radius 1 is 1.09 bits per heavy atom. The molecule has 2 aliphatic rings. The van der Waals surface area contributed by atoms with Crippen molar-refractivity contribution in [2.45, 2.75) is 40.9 Å². The zero-order valence-electron chi connectivity index (χ0n) is 12.1. The van der Waals surface area contributed by atoms with Gasteiger partial charge in [0.05, 0.1) is 18.8 Å². The number of ether oxygens (including phenoxy) is 1. The first kappa shape index (κ1) is 14.3. The molecule has 2 N–H and O–H groups in total. The lowest BCUT2D eigenvalue weighted by molar-refractivity contribution is -0.0225. The van der Waals surface area contributed by atoms with Gasteiger partial charge in [-0.05, 0) is 35.2 Å². The van der Waals surface area contributed by atoms with E-state index in [4.69, 9.17) is 4.74 Å². The van der Waals surface area contributed by atoms with Crippen LogP contribution < -0.4 is 0 Å². The number of aliphatic hydroxyl groups is 2. The highest BCUT2D eigenvalue weighted by molar-refractivity contribution is 7.99. The lowest BCUT2D eigenvalue weighted by atomic mass is 9.98. The molecule has 3 nitrogen and oxygen atoms in total. The van der Waals surface area contributed by atoms with Gasteiger partial charge in [0.15, 0.2) is 0 Å². The van der Waals surface area contributed by atoms with Gasteiger partial charge in [0.25, 0.3) is 0 Å². The molecule has 0 saturated carbocycles. The summed E-state index contributed by atoms with van der Waals surface area (Å²) in [5.41, 5.74) is 3.76. The van der Waals surface area contributed by atoms with Crippen LogP contribution in [-0.2, 0) is 11.2 Å². The maximum absolute atomic E-state index is 9.90. The maximum atomic E-state index is 9.90. The number of aliphatic hydroxyl groups excluding tert-OH is 2. The monoisotopic (exact) mass is 314 g/mol. The van der Waals surface area contributed by atoms with Crippen LogP contribution in [0.25, 0.3) is 0 Å². The van der Waals surface area contributed by atoms with Crippen LogP contribution in [0.5, 0.6) is 0 Å². The van der Waals surface area contributed by atoms with Gasteiger partial charge in [-0.15, -0.1) is 0 Å². The van der Waals surface area contributed by atoms with Crippen molar-refractivity contribution >= 4 is 11.8 Å². The molecule has 2 aromatic carbocycles. The Morgan fingerprint density at radius 2 is 1.91 bits per heavy atom. The topological polar surface area (TPSA) is 49.7 Å². The molecule has 2 aromatic rings. The lowest BCUT2D eigenvalue weighted by Crippen LogP contribution is -2.24. The fraction of sp³-hybridized carbons (Fsp3) is 0.333. The second-order valence-electron chi connectivity index (χ2n) is 5.90. The summed E-state index contributed by atoms with van der Waals surface area (Å²) in [6, 6.07) is 14.9. The molecule has 4 rings (SSSR count). The zero-order valence-corrected chi connectivity index (χ0v) is 12.9. The molecule has 4 heteroatoms. The van der Waals surface area contributed by atoms with Crippen LogP contribution in [0.3, 0.4) is 0 Å². The van der Waals surface area contributed by atoms with E-state index in [2.05, 4.69) is 42.5 Å². The minimum atomic E-state index is -0.582. The van der Waals surface area contributed by atoms with E-state index in [0.29, 0.717) is 6.42 Å². The zero-order chi connectivity index (χ0) is 15.1. The van der Waals surface area contributed by atoms with Crippen LogP contribution in [0.4, 0.5) is 0 Å². The van der Waals surface area contributed by atoms with E-state index in [1.165, 1.54) is 20.9 Å². The maximum Gasteiger partial charge on any atom is 0.107 e. The summed E-state index contributed by atoms with van der Waals surface area (Å²) in [6.45, 7) is -0.133. The van der Waals surface area contributed by atoms with E-state index in [1.807, 2.05) is 11.8 Å². The van der Waals surface area contributed by atoms with E-state index in [1.54, 1.807) is 0 Å². The number of benzene rings is 2. The van der Waals surface area contributed by atoms with E-state index in [0.717, 1.165) is 12.0 Å². The molecule has 0 aromatic heterocycles. The van der Waals surface area contributed by atoms with E-state index in [-0.39, 0.29) is 12.7 Å². The summed E-state index contributed by atoms with van der Waals surface area (Å²) < 4.78 is 5.76. The molecule has 22 heavy (non-hydrogen) atoms. The van der Waals surface area contributed by atoms with E-state index >= 15 is 0 Å². The second kappa shape index (κ2) is 5.70. The molecule has 1 unspecified atom stereocenters. The number of fused-ring (bicyclic) bond motifs is 2. The van der Waals surface area contributed by atoms with Crippen LogP contribution >= 0.6 is 11.8 Å². The van der Waals surface area contributed by atoms with Crippen molar-refractivity contribution in [1.82, 2.24) is 0 Å². The van der Waals surface area contributed by atoms with Gasteiger partial charge in [0.1, 0.15) is 6.10 Å². The van der Waals surface area contributed by atoms with Crippen molar-refractivity contribution in [3.8, 4) is 0 Å². The Hall–Kier alpha value is -1.33. The average Bonchev–Trinajstić information content (AvgIpc) is 2.93. The van der Waals surface area contributed by atoms with Crippen LogP contribution in [0.15, 0.2) is 52.3 Å². The molecular formula is C18H18O3S. The summed E-state index contributed by atoms with van der Waals surface area (Å²) in [7, 11) is 0. The van der Waals surface area contributed by atoms with Crippen LogP contribution in [0, 0.1) is 0 Å². The summed E-state index contributed by atoms with van der Waals surface area (Å²) in [6.07, 6.45) is 0.315. The van der Waals surface area contributed by atoms with Gasteiger partial charge >= 0.3 is 0 Å². The third-order valence-electron chi connectivity index (χ3n) is 4.43. The normalized spacial score (nSPS) is 26.5. The SMILES string of the molecule is OC[C@H]1OC(c2ccc3c(c2)Cc2ccccc2S3)C[C@@H]1O. The molecule has 1 saturated heterocycles. The minimum absolute atomic E-state index is 0.125. The Labute approximate surface area is 133 Å². The van der Waals surface area contributed by atoms with Crippen molar-refractivity contribution in [2.24, 2.45) is 0 Å². The largest absolute Gasteiger partial charge is 0.394 e. The molecule has 114 valence electrons. The standard InChI is InChI=1S/C18H18O3S/c19-10-16-14(20)9-15(21-16)11-5-6-18-13(7-11)8-12-3-1-2-4-17(12)22-18/h1-7,14-16,19-20H,8-10H2/t14-,15?,16+/m0/s1. The van der Waals surface area contributed by atoms with Crippen LogP contribution in [0.2, 0.25) is 0 Å². The molecule has 2 heterocycles. The Balaban J connectivity index is 1.61. The Bertz CT molecular complexity index is 700. The highest BCUT2D eigenvalue weighted by Gasteiger charge is 2.34. The smallest absolute Gasteiger partial charge is 0.107 e. The first-order valence-corrected chi connectivity index (χ1v) is 8.39. The number of hydrogen-bond donors (Lipinski definition) is 2. The van der Waals surface area contributed by atoms with E-state index in [9.17, 15) is 10.2 Å². The summed E-state index contributed by atoms with van der Waals surface area (Å²) in [4.78, 5) is 2.62. The lowest BCUT2D eigenvalue weighted by Gasteiger charge is -2.21. The molecular weight excluding hydrogens is 296 g/mol. The van der Waals surface area contributed by atoms with E-state index < -0.39 is 12.2 Å². The van der Waals surface area contributed by atoms with Gasteiger partial charge < -0.3 is 14.9 Å². The Morgan fingerprint density at radius 3 is 2.73 bits per heavy atom. The number of rotatable bonds is 2. The van der Waals surface area contributed by atoms with Gasteiger partial charge in [-0.1, -0.05) is 42.1 Å². The molecule has 3 atom stereocenters. The van der Waals surface area contributed by atoms with Gasteiger partial charge in [-0.3, -0.25) is 0 Å². The van der Waals surface area contributed by atoms with Crippen LogP contribution in [0.1, 0.15) is 29.2 Å². The van der Waals surface area contributed by atoms with Gasteiger partial charge in [0, 0.05) is 16.2 Å². The third-order valence-corrected chi connectivity index (χ3v) is 5.67. The van der Waals surface area contributed by atoms with Gasteiger partial charge in [0.2, 0.25) is 0 Å². The van der Waals surface area contributed by atoms with Crippen molar-refractivity contribution in [1.29, 1.82) is 0 Å². The predicted molar refractivity (Wildman–Crippen MR) is 85.1 cm³/mol. The first-order valence-electron chi connectivity index (χ1n) is 7.57. The van der Waals surface area contributed by atoms with Crippen molar-refractivity contribution in [2.75, 3.05) is 6.61 Å². The molecule has 0 amide bonds. The third kappa shape index (κ3) is 2.46. The first-order chi connectivity index (χ1) is 10.7. The minimum Gasteiger partial charge on any atom is -0.394 e. The fourth-order valence-corrected chi connectivity index (χ4v) is 4.27. The fourth-order valence-electron chi connectivity index (χ4n) is 3.22.